The quantitative estimate of drug-likeness (QED) is 0.777. The number of rotatable bonds is 3. The summed E-state index contributed by atoms with van der Waals surface area (Å²) in [7, 11) is 0. The van der Waals surface area contributed by atoms with Crippen LogP contribution in [0.5, 0.6) is 0 Å². The number of aryl methyl sites for hydroxylation is 2. The van der Waals surface area contributed by atoms with Gasteiger partial charge in [0.05, 0.1) is 23.3 Å². The first kappa shape index (κ1) is 12.8. The number of hydrogen-bond donors (Lipinski definition) is 2. The van der Waals surface area contributed by atoms with Gasteiger partial charge in [-0.1, -0.05) is 6.92 Å². The number of nitrogens with one attached hydrogen (secondary N) is 2. The minimum atomic E-state index is 0.263. The third kappa shape index (κ3) is 2.19. The Morgan fingerprint density at radius 3 is 3.29 bits per heavy atom. The van der Waals surface area contributed by atoms with E-state index in [1.807, 2.05) is 6.20 Å². The van der Waals surface area contributed by atoms with E-state index in [-0.39, 0.29) is 6.04 Å². The summed E-state index contributed by atoms with van der Waals surface area (Å²) in [6.45, 7) is 2.17. The lowest BCUT2D eigenvalue weighted by Crippen LogP contribution is -2.17. The first-order valence-corrected chi connectivity index (χ1v) is 8.19. The molecule has 3 heterocycles. The molecule has 4 rings (SSSR count). The summed E-state index contributed by atoms with van der Waals surface area (Å²) in [6, 6.07) is 2.47. The van der Waals surface area contributed by atoms with Crippen LogP contribution in [0.15, 0.2) is 18.6 Å². The van der Waals surface area contributed by atoms with Crippen molar-refractivity contribution in [2.24, 2.45) is 0 Å². The molecule has 0 aliphatic heterocycles. The van der Waals surface area contributed by atoms with Crippen LogP contribution in [-0.4, -0.2) is 20.2 Å². The number of aromatic amines is 1. The van der Waals surface area contributed by atoms with E-state index in [0.717, 1.165) is 35.3 Å². The number of nitrogens with zero attached hydrogens (tertiary/aromatic N) is 3. The van der Waals surface area contributed by atoms with Gasteiger partial charge in [-0.3, -0.25) is 5.10 Å². The van der Waals surface area contributed by atoms with Gasteiger partial charge in [-0.2, -0.15) is 5.10 Å². The first-order valence-electron chi connectivity index (χ1n) is 7.37. The maximum atomic E-state index is 4.46. The number of aromatic nitrogens is 4. The molecule has 0 amide bonds. The average Bonchev–Trinajstić information content (AvgIpc) is 3.14. The molecule has 108 valence electrons. The van der Waals surface area contributed by atoms with E-state index >= 15 is 0 Å². The van der Waals surface area contributed by atoms with Crippen molar-refractivity contribution >= 4 is 27.4 Å². The predicted octanol–water partition coefficient (Wildman–Crippen LogP) is 3.47. The summed E-state index contributed by atoms with van der Waals surface area (Å²) in [5, 5.41) is 12.0. The van der Waals surface area contributed by atoms with Crippen LogP contribution < -0.4 is 5.32 Å². The third-order valence-corrected chi connectivity index (χ3v) is 5.27. The molecule has 1 aliphatic carbocycles. The van der Waals surface area contributed by atoms with E-state index in [2.05, 4.69) is 38.5 Å². The van der Waals surface area contributed by atoms with Gasteiger partial charge in [0.1, 0.15) is 17.0 Å². The molecule has 0 fully saturated rings. The second kappa shape index (κ2) is 5.11. The Bertz CT molecular complexity index is 775. The van der Waals surface area contributed by atoms with Crippen LogP contribution in [-0.2, 0) is 12.8 Å². The zero-order chi connectivity index (χ0) is 14.2. The second-order valence-electron chi connectivity index (χ2n) is 5.41. The zero-order valence-corrected chi connectivity index (χ0v) is 12.7. The molecule has 3 aromatic heterocycles. The summed E-state index contributed by atoms with van der Waals surface area (Å²) in [6.07, 6.45) is 8.03. The van der Waals surface area contributed by atoms with E-state index in [1.165, 1.54) is 22.6 Å². The predicted molar refractivity (Wildman–Crippen MR) is 84.7 cm³/mol. The van der Waals surface area contributed by atoms with Gasteiger partial charge in [0.2, 0.25) is 0 Å². The molecule has 21 heavy (non-hydrogen) atoms. The highest BCUT2D eigenvalue weighted by molar-refractivity contribution is 7.18. The van der Waals surface area contributed by atoms with Gasteiger partial charge in [0.25, 0.3) is 0 Å². The Kier molecular flexibility index (Phi) is 3.11. The Morgan fingerprint density at radius 1 is 1.43 bits per heavy atom. The summed E-state index contributed by atoms with van der Waals surface area (Å²) >= 11 is 1.75. The van der Waals surface area contributed by atoms with E-state index < -0.39 is 0 Å². The molecule has 1 unspecified atom stereocenters. The van der Waals surface area contributed by atoms with Crippen LogP contribution in [0.4, 0.5) is 5.82 Å². The fraction of sp³-hybridized carbons (Fsp3) is 0.400. The van der Waals surface area contributed by atoms with Crippen molar-refractivity contribution in [3.63, 3.8) is 0 Å². The standard InChI is InChI=1S/C15H17N5S/c1-2-10-6-11-14(16-8-17-15(11)21-10)19-12-5-3-4-9-7-18-20-13(9)12/h6-8,12H,2-5H2,1H3,(H,18,20)(H,16,17,19). The first-order chi connectivity index (χ1) is 10.3. The van der Waals surface area contributed by atoms with Crippen molar-refractivity contribution in [1.82, 2.24) is 20.2 Å². The van der Waals surface area contributed by atoms with Gasteiger partial charge in [-0.25, -0.2) is 9.97 Å². The average molecular weight is 299 g/mol. The SMILES string of the molecule is CCc1cc2c(NC3CCCc4cn[nH]c43)ncnc2s1. The van der Waals surface area contributed by atoms with Crippen molar-refractivity contribution in [3.8, 4) is 0 Å². The van der Waals surface area contributed by atoms with Crippen LogP contribution in [0.1, 0.15) is 41.9 Å². The Balaban J connectivity index is 1.71. The van der Waals surface area contributed by atoms with Crippen LogP contribution in [0, 0.1) is 0 Å². The highest BCUT2D eigenvalue weighted by Crippen LogP contribution is 2.34. The van der Waals surface area contributed by atoms with E-state index in [1.54, 1.807) is 17.7 Å². The van der Waals surface area contributed by atoms with Gasteiger partial charge in [-0.05, 0) is 37.3 Å². The molecule has 1 atom stereocenters. The molecular formula is C15H17N5S. The third-order valence-electron chi connectivity index (χ3n) is 4.08. The highest BCUT2D eigenvalue weighted by Gasteiger charge is 2.23. The molecule has 5 nitrogen and oxygen atoms in total. The maximum Gasteiger partial charge on any atom is 0.138 e. The van der Waals surface area contributed by atoms with E-state index in [4.69, 9.17) is 0 Å². The van der Waals surface area contributed by atoms with E-state index in [0.29, 0.717) is 0 Å². The highest BCUT2D eigenvalue weighted by atomic mass is 32.1. The molecule has 0 bridgehead atoms. The minimum Gasteiger partial charge on any atom is -0.361 e. The second-order valence-corrected chi connectivity index (χ2v) is 6.52. The van der Waals surface area contributed by atoms with Gasteiger partial charge < -0.3 is 5.32 Å². The molecular weight excluding hydrogens is 282 g/mol. The zero-order valence-electron chi connectivity index (χ0n) is 11.9. The summed E-state index contributed by atoms with van der Waals surface area (Å²) in [5.41, 5.74) is 2.53. The lowest BCUT2D eigenvalue weighted by Gasteiger charge is -2.23. The minimum absolute atomic E-state index is 0.263. The Labute approximate surface area is 126 Å². The van der Waals surface area contributed by atoms with E-state index in [9.17, 15) is 0 Å². The van der Waals surface area contributed by atoms with Crippen LogP contribution in [0.2, 0.25) is 0 Å². The fourth-order valence-electron chi connectivity index (χ4n) is 2.97. The molecule has 0 aromatic carbocycles. The fourth-order valence-corrected chi connectivity index (χ4v) is 3.90. The number of anilines is 1. The van der Waals surface area contributed by atoms with Crippen LogP contribution >= 0.6 is 11.3 Å². The summed E-state index contributed by atoms with van der Waals surface area (Å²) in [5.74, 6) is 0.934. The molecule has 3 aromatic rings. The lowest BCUT2D eigenvalue weighted by atomic mass is 9.94. The molecule has 2 N–H and O–H groups in total. The monoisotopic (exact) mass is 299 g/mol. The van der Waals surface area contributed by atoms with Crippen molar-refractivity contribution < 1.29 is 0 Å². The normalized spacial score (nSPS) is 17.9. The molecule has 0 saturated carbocycles. The van der Waals surface area contributed by atoms with Crippen LogP contribution in [0.25, 0.3) is 10.2 Å². The molecule has 0 saturated heterocycles. The van der Waals surface area contributed by atoms with Crippen molar-refractivity contribution in [2.45, 2.75) is 38.6 Å². The number of H-pyrrole nitrogens is 1. The van der Waals surface area contributed by atoms with Gasteiger partial charge >= 0.3 is 0 Å². The number of hydrogen-bond acceptors (Lipinski definition) is 5. The Morgan fingerprint density at radius 2 is 2.38 bits per heavy atom. The van der Waals surface area contributed by atoms with Gasteiger partial charge in [0.15, 0.2) is 0 Å². The Hall–Kier alpha value is -1.95. The topological polar surface area (TPSA) is 66.5 Å². The summed E-state index contributed by atoms with van der Waals surface area (Å²) in [4.78, 5) is 11.2. The van der Waals surface area contributed by atoms with Gasteiger partial charge in [0, 0.05) is 4.88 Å². The number of fused-ring (bicyclic) bond motifs is 2. The summed E-state index contributed by atoms with van der Waals surface area (Å²) < 4.78 is 0. The van der Waals surface area contributed by atoms with Crippen LogP contribution in [0.3, 0.4) is 0 Å². The van der Waals surface area contributed by atoms with Crippen molar-refractivity contribution in [2.75, 3.05) is 5.32 Å². The van der Waals surface area contributed by atoms with Crippen molar-refractivity contribution in [1.29, 1.82) is 0 Å². The largest absolute Gasteiger partial charge is 0.361 e. The molecule has 1 aliphatic rings. The number of thiophene rings is 1. The smallest absolute Gasteiger partial charge is 0.138 e. The van der Waals surface area contributed by atoms with Gasteiger partial charge in [-0.15, -0.1) is 11.3 Å². The molecule has 0 radical (unpaired) electrons. The molecule has 6 heteroatoms. The van der Waals surface area contributed by atoms with Crippen molar-refractivity contribution in [3.05, 3.63) is 34.7 Å². The molecule has 0 spiro atoms. The lowest BCUT2D eigenvalue weighted by molar-refractivity contribution is 0.587. The maximum absolute atomic E-state index is 4.46.